The molecule has 0 fully saturated rings. The number of allylic oxidation sites excluding steroid dienone is 3. The molecule has 38 heavy (non-hydrogen) atoms. The Labute approximate surface area is 230 Å². The average molecular weight is 538 g/mol. The standard InChI is InChI=1S/C31H36ClNO5/c1-6-14-37-26-13-10-21(17-27(26)36-5)29-28(31(35)38-18(3)7-2)19(4)33-24-15-22(16-25(34)30(24)29)20-8-11-23(32)12-9-20/h8-13,17-18,22,29,33H,6-7,14-16H2,1-5H3/t18-,22-,29+/m0/s1. The van der Waals surface area contributed by atoms with E-state index in [1.807, 2.05) is 70.2 Å². The Balaban J connectivity index is 1.79. The van der Waals surface area contributed by atoms with E-state index >= 15 is 0 Å². The molecule has 2 aromatic rings. The third-order valence-corrected chi connectivity index (χ3v) is 7.51. The highest BCUT2D eigenvalue weighted by atomic mass is 35.5. The lowest BCUT2D eigenvalue weighted by atomic mass is 9.71. The van der Waals surface area contributed by atoms with Gasteiger partial charge in [0.25, 0.3) is 0 Å². The zero-order valence-electron chi connectivity index (χ0n) is 22.7. The molecule has 0 saturated heterocycles. The number of ether oxygens (including phenoxy) is 3. The van der Waals surface area contributed by atoms with Crippen LogP contribution >= 0.6 is 11.6 Å². The molecule has 0 radical (unpaired) electrons. The van der Waals surface area contributed by atoms with Gasteiger partial charge in [-0.2, -0.15) is 0 Å². The maximum atomic E-state index is 13.8. The number of hydrogen-bond acceptors (Lipinski definition) is 6. The molecule has 4 rings (SSSR count). The number of carbonyl (C=O) groups excluding carboxylic acids is 2. The van der Waals surface area contributed by atoms with Crippen LogP contribution in [0.3, 0.4) is 0 Å². The predicted molar refractivity (Wildman–Crippen MR) is 149 cm³/mol. The number of ketones is 1. The summed E-state index contributed by atoms with van der Waals surface area (Å²) in [5, 5.41) is 4.07. The maximum absolute atomic E-state index is 13.8. The molecular formula is C31H36ClNO5. The summed E-state index contributed by atoms with van der Waals surface area (Å²) in [6.07, 6.45) is 2.32. The van der Waals surface area contributed by atoms with Crippen molar-refractivity contribution in [1.29, 1.82) is 0 Å². The van der Waals surface area contributed by atoms with Gasteiger partial charge in [-0.1, -0.05) is 43.6 Å². The lowest BCUT2D eigenvalue weighted by Crippen LogP contribution is -2.36. The first-order valence-corrected chi connectivity index (χ1v) is 13.7. The quantitative estimate of drug-likeness (QED) is 0.353. The molecule has 0 bridgehead atoms. The Hall–Kier alpha value is -3.25. The lowest BCUT2D eigenvalue weighted by Gasteiger charge is -2.37. The van der Waals surface area contributed by atoms with Crippen LogP contribution < -0.4 is 14.8 Å². The number of nitrogens with one attached hydrogen (secondary N) is 1. The van der Waals surface area contributed by atoms with Gasteiger partial charge < -0.3 is 19.5 Å². The fourth-order valence-electron chi connectivity index (χ4n) is 5.14. The van der Waals surface area contributed by atoms with Crippen molar-refractivity contribution in [2.75, 3.05) is 13.7 Å². The molecular weight excluding hydrogens is 502 g/mol. The van der Waals surface area contributed by atoms with E-state index in [0.29, 0.717) is 59.2 Å². The smallest absolute Gasteiger partial charge is 0.337 e. The number of esters is 1. The van der Waals surface area contributed by atoms with Crippen molar-refractivity contribution in [1.82, 2.24) is 5.32 Å². The maximum Gasteiger partial charge on any atom is 0.337 e. The number of Topliss-reactive ketones (excluding diaryl/α,β-unsaturated/α-hetero) is 1. The molecule has 2 aromatic carbocycles. The summed E-state index contributed by atoms with van der Waals surface area (Å²) in [4.78, 5) is 27.3. The predicted octanol–water partition coefficient (Wildman–Crippen LogP) is 6.84. The minimum atomic E-state index is -0.574. The van der Waals surface area contributed by atoms with Crippen LogP contribution in [0.1, 0.15) is 76.3 Å². The molecule has 202 valence electrons. The second-order valence-corrected chi connectivity index (χ2v) is 10.4. The van der Waals surface area contributed by atoms with E-state index < -0.39 is 11.9 Å². The van der Waals surface area contributed by atoms with Crippen molar-refractivity contribution in [2.45, 2.75) is 71.3 Å². The fourth-order valence-corrected chi connectivity index (χ4v) is 5.26. The van der Waals surface area contributed by atoms with Gasteiger partial charge in [-0.25, -0.2) is 4.79 Å². The third-order valence-electron chi connectivity index (χ3n) is 7.25. The van der Waals surface area contributed by atoms with Crippen molar-refractivity contribution >= 4 is 23.4 Å². The highest BCUT2D eigenvalue weighted by Crippen LogP contribution is 2.47. The molecule has 0 saturated carbocycles. The number of hydrogen-bond donors (Lipinski definition) is 1. The van der Waals surface area contributed by atoms with Gasteiger partial charge in [-0.15, -0.1) is 0 Å². The van der Waals surface area contributed by atoms with Crippen molar-refractivity contribution in [3.05, 3.63) is 81.2 Å². The molecule has 7 heteroatoms. The number of rotatable bonds is 9. The number of halogens is 1. The Morgan fingerprint density at radius 3 is 2.45 bits per heavy atom. The van der Waals surface area contributed by atoms with Crippen molar-refractivity contribution in [3.63, 3.8) is 0 Å². The van der Waals surface area contributed by atoms with Gasteiger partial charge in [0.05, 0.1) is 25.4 Å². The molecule has 1 heterocycles. The number of carbonyl (C=O) groups is 2. The van der Waals surface area contributed by atoms with Gasteiger partial charge in [0.15, 0.2) is 17.3 Å². The molecule has 1 aliphatic heterocycles. The normalized spacial score (nSPS) is 20.0. The van der Waals surface area contributed by atoms with Crippen LogP contribution in [0.2, 0.25) is 5.02 Å². The summed E-state index contributed by atoms with van der Waals surface area (Å²) in [5.41, 5.74) is 4.45. The molecule has 3 atom stereocenters. The second kappa shape index (κ2) is 12.1. The first-order chi connectivity index (χ1) is 18.3. The van der Waals surface area contributed by atoms with E-state index in [2.05, 4.69) is 5.32 Å². The topological polar surface area (TPSA) is 73.9 Å². The molecule has 2 aliphatic rings. The number of benzene rings is 2. The summed E-state index contributed by atoms with van der Waals surface area (Å²) in [7, 11) is 1.59. The average Bonchev–Trinajstić information content (AvgIpc) is 2.91. The van der Waals surface area contributed by atoms with Crippen LogP contribution in [0, 0.1) is 0 Å². The van der Waals surface area contributed by atoms with E-state index in [1.54, 1.807) is 7.11 Å². The summed E-state index contributed by atoms with van der Waals surface area (Å²) >= 11 is 6.09. The van der Waals surface area contributed by atoms with Gasteiger partial charge in [0.2, 0.25) is 0 Å². The van der Waals surface area contributed by atoms with Crippen LogP contribution in [-0.2, 0) is 14.3 Å². The molecule has 0 unspecified atom stereocenters. The Morgan fingerprint density at radius 2 is 1.79 bits per heavy atom. The van der Waals surface area contributed by atoms with E-state index in [0.717, 1.165) is 23.2 Å². The Morgan fingerprint density at radius 1 is 1.08 bits per heavy atom. The van der Waals surface area contributed by atoms with E-state index in [9.17, 15) is 9.59 Å². The lowest BCUT2D eigenvalue weighted by molar-refractivity contribution is -0.144. The van der Waals surface area contributed by atoms with Crippen molar-refractivity contribution in [2.24, 2.45) is 0 Å². The first kappa shape index (κ1) is 27.8. The van der Waals surface area contributed by atoms with Gasteiger partial charge in [-0.3, -0.25) is 4.79 Å². The summed E-state index contributed by atoms with van der Waals surface area (Å²) < 4.78 is 17.3. The fraction of sp³-hybridized carbons (Fsp3) is 0.419. The number of dihydropyridines is 1. The van der Waals surface area contributed by atoms with Crippen molar-refractivity contribution < 1.29 is 23.8 Å². The van der Waals surface area contributed by atoms with Crippen LogP contribution in [0.4, 0.5) is 0 Å². The summed E-state index contributed by atoms with van der Waals surface area (Å²) in [5.74, 6) is 0.229. The zero-order valence-corrected chi connectivity index (χ0v) is 23.5. The first-order valence-electron chi connectivity index (χ1n) is 13.3. The molecule has 0 aromatic heterocycles. The van der Waals surface area contributed by atoms with Crippen molar-refractivity contribution in [3.8, 4) is 11.5 Å². The van der Waals surface area contributed by atoms with Crippen LogP contribution in [0.25, 0.3) is 0 Å². The second-order valence-electron chi connectivity index (χ2n) is 9.95. The SMILES string of the molecule is CCCOc1ccc([C@@H]2C(C(=O)O[C@@H](C)CC)=C(C)NC3=C2C(=O)C[C@@H](c2ccc(Cl)cc2)C3)cc1OC. The molecule has 0 amide bonds. The van der Waals surface area contributed by atoms with Crippen LogP contribution in [-0.4, -0.2) is 31.6 Å². The highest BCUT2D eigenvalue weighted by Gasteiger charge is 2.42. The molecule has 1 N–H and O–H groups in total. The monoisotopic (exact) mass is 537 g/mol. The Bertz CT molecular complexity index is 1260. The van der Waals surface area contributed by atoms with Gasteiger partial charge in [0, 0.05) is 34.3 Å². The summed E-state index contributed by atoms with van der Waals surface area (Å²) in [6.45, 7) is 8.32. The van der Waals surface area contributed by atoms with Crippen LogP contribution in [0.5, 0.6) is 11.5 Å². The molecule has 6 nitrogen and oxygen atoms in total. The van der Waals surface area contributed by atoms with E-state index in [1.165, 1.54) is 0 Å². The van der Waals surface area contributed by atoms with Crippen LogP contribution in [0.15, 0.2) is 65.0 Å². The largest absolute Gasteiger partial charge is 0.493 e. The zero-order chi connectivity index (χ0) is 27.4. The van der Waals surface area contributed by atoms with Gasteiger partial charge in [-0.05, 0) is 74.4 Å². The molecule has 1 aliphatic carbocycles. The minimum absolute atomic E-state index is 0.00955. The van der Waals surface area contributed by atoms with Gasteiger partial charge in [0.1, 0.15) is 0 Å². The number of methoxy groups -OCH3 is 1. The van der Waals surface area contributed by atoms with Gasteiger partial charge >= 0.3 is 5.97 Å². The van der Waals surface area contributed by atoms with E-state index in [4.69, 9.17) is 25.8 Å². The summed E-state index contributed by atoms with van der Waals surface area (Å²) in [6, 6.07) is 13.3. The van der Waals surface area contributed by atoms with E-state index in [-0.39, 0.29) is 17.8 Å². The molecule has 0 spiro atoms. The highest BCUT2D eigenvalue weighted by molar-refractivity contribution is 6.30. The third kappa shape index (κ3) is 5.75. The Kier molecular flexibility index (Phi) is 8.83. The minimum Gasteiger partial charge on any atom is -0.493 e.